The molecule has 2 N–H and O–H groups in total. The molecule has 2 nitrogen and oxygen atoms in total. The van der Waals surface area contributed by atoms with E-state index in [-0.39, 0.29) is 11.9 Å². The highest BCUT2D eigenvalue weighted by atomic mass is 19.1. The third-order valence-electron chi connectivity index (χ3n) is 2.96. The van der Waals surface area contributed by atoms with E-state index in [0.717, 1.165) is 25.1 Å². The van der Waals surface area contributed by atoms with E-state index in [0.29, 0.717) is 6.54 Å². The Balaban J connectivity index is 2.97. The van der Waals surface area contributed by atoms with Gasteiger partial charge in [0.25, 0.3) is 0 Å². The number of nitrogens with zero attached hydrogens (tertiary/aromatic N) is 1. The molecule has 16 heavy (non-hydrogen) atoms. The molecule has 1 aromatic carbocycles. The van der Waals surface area contributed by atoms with Crippen molar-refractivity contribution in [2.24, 2.45) is 5.73 Å². The van der Waals surface area contributed by atoms with Crippen LogP contribution in [0.25, 0.3) is 0 Å². The molecule has 0 aromatic heterocycles. The molecule has 0 amide bonds. The van der Waals surface area contributed by atoms with Gasteiger partial charge in [-0.2, -0.15) is 0 Å². The first-order chi connectivity index (χ1) is 7.74. The normalized spacial score (nSPS) is 13.1. The second-order valence-electron chi connectivity index (χ2n) is 3.84. The van der Waals surface area contributed by atoms with Gasteiger partial charge >= 0.3 is 0 Å². The molecular weight excluding hydrogens is 203 g/mol. The van der Waals surface area contributed by atoms with E-state index in [9.17, 15) is 4.39 Å². The predicted octanol–water partition coefficient (Wildman–Crippen LogP) is 2.56. The summed E-state index contributed by atoms with van der Waals surface area (Å²) >= 11 is 0. The van der Waals surface area contributed by atoms with Crippen LogP contribution in [0.15, 0.2) is 24.3 Å². The Kier molecular flexibility index (Phi) is 5.43. The van der Waals surface area contributed by atoms with Gasteiger partial charge in [0.2, 0.25) is 0 Å². The highest BCUT2D eigenvalue weighted by Crippen LogP contribution is 2.25. The van der Waals surface area contributed by atoms with Crippen molar-refractivity contribution >= 4 is 0 Å². The standard InChI is InChI=1S/C13H21FN2/c1-3-16(4-2)13(9-10-15)11-7-5-6-8-12(11)14/h5-8,13H,3-4,9-10,15H2,1-2H3. The minimum atomic E-state index is -0.132. The van der Waals surface area contributed by atoms with E-state index in [1.54, 1.807) is 6.07 Å². The minimum absolute atomic E-state index is 0.0983. The molecule has 90 valence electrons. The molecule has 1 atom stereocenters. The third kappa shape index (κ3) is 3.03. The van der Waals surface area contributed by atoms with E-state index in [1.165, 1.54) is 6.07 Å². The number of rotatable bonds is 6. The van der Waals surface area contributed by atoms with Gasteiger partial charge in [-0.25, -0.2) is 4.39 Å². The second kappa shape index (κ2) is 6.61. The van der Waals surface area contributed by atoms with Crippen LogP contribution < -0.4 is 5.73 Å². The van der Waals surface area contributed by atoms with Crippen LogP contribution in [0.2, 0.25) is 0 Å². The molecule has 0 fully saturated rings. The molecule has 0 spiro atoms. The van der Waals surface area contributed by atoms with Crippen molar-refractivity contribution in [3.63, 3.8) is 0 Å². The fourth-order valence-electron chi connectivity index (χ4n) is 2.10. The summed E-state index contributed by atoms with van der Waals surface area (Å²) in [5.41, 5.74) is 6.38. The minimum Gasteiger partial charge on any atom is -0.330 e. The Morgan fingerprint density at radius 3 is 2.38 bits per heavy atom. The Morgan fingerprint density at radius 2 is 1.88 bits per heavy atom. The summed E-state index contributed by atoms with van der Waals surface area (Å²) in [4.78, 5) is 2.24. The maximum absolute atomic E-state index is 13.7. The molecule has 3 heteroatoms. The van der Waals surface area contributed by atoms with E-state index in [2.05, 4.69) is 18.7 Å². The fraction of sp³-hybridized carbons (Fsp3) is 0.538. The first kappa shape index (κ1) is 13.1. The number of hydrogen-bond donors (Lipinski definition) is 1. The molecule has 0 radical (unpaired) electrons. The lowest BCUT2D eigenvalue weighted by Crippen LogP contribution is -2.30. The van der Waals surface area contributed by atoms with Crippen LogP contribution in [-0.2, 0) is 0 Å². The molecule has 1 aromatic rings. The quantitative estimate of drug-likeness (QED) is 0.804. The Bertz CT molecular complexity index is 311. The molecule has 0 heterocycles. The molecule has 0 saturated heterocycles. The lowest BCUT2D eigenvalue weighted by Gasteiger charge is -2.30. The largest absolute Gasteiger partial charge is 0.330 e. The maximum atomic E-state index is 13.7. The molecule has 0 aliphatic heterocycles. The summed E-state index contributed by atoms with van der Waals surface area (Å²) in [5.74, 6) is -0.132. The Morgan fingerprint density at radius 1 is 1.25 bits per heavy atom. The van der Waals surface area contributed by atoms with E-state index < -0.39 is 0 Å². The molecule has 1 unspecified atom stereocenters. The van der Waals surface area contributed by atoms with E-state index in [1.807, 2.05) is 12.1 Å². The average Bonchev–Trinajstić information content (AvgIpc) is 2.30. The summed E-state index contributed by atoms with van der Waals surface area (Å²) in [6.45, 7) is 6.59. The van der Waals surface area contributed by atoms with Crippen LogP contribution in [0.3, 0.4) is 0 Å². The van der Waals surface area contributed by atoms with Gasteiger partial charge in [0.1, 0.15) is 5.82 Å². The molecule has 0 bridgehead atoms. The van der Waals surface area contributed by atoms with Gasteiger partial charge in [-0.1, -0.05) is 32.0 Å². The molecular formula is C13H21FN2. The average molecular weight is 224 g/mol. The maximum Gasteiger partial charge on any atom is 0.127 e. The van der Waals surface area contributed by atoms with Crippen LogP contribution in [0, 0.1) is 5.82 Å². The number of hydrogen-bond acceptors (Lipinski definition) is 2. The predicted molar refractivity (Wildman–Crippen MR) is 65.7 cm³/mol. The van der Waals surface area contributed by atoms with Crippen molar-refractivity contribution in [1.82, 2.24) is 4.90 Å². The first-order valence-electron chi connectivity index (χ1n) is 5.93. The van der Waals surface area contributed by atoms with Crippen LogP contribution in [0.4, 0.5) is 4.39 Å². The monoisotopic (exact) mass is 224 g/mol. The van der Waals surface area contributed by atoms with Gasteiger partial charge in [0.05, 0.1) is 0 Å². The fourth-order valence-corrected chi connectivity index (χ4v) is 2.10. The molecule has 0 aliphatic rings. The van der Waals surface area contributed by atoms with Crippen molar-refractivity contribution in [3.8, 4) is 0 Å². The van der Waals surface area contributed by atoms with Crippen molar-refractivity contribution in [1.29, 1.82) is 0 Å². The molecule has 1 rings (SSSR count). The SMILES string of the molecule is CCN(CC)C(CCN)c1ccccc1F. The van der Waals surface area contributed by atoms with Crippen molar-refractivity contribution in [2.45, 2.75) is 26.3 Å². The highest BCUT2D eigenvalue weighted by Gasteiger charge is 2.19. The van der Waals surface area contributed by atoms with Crippen molar-refractivity contribution in [2.75, 3.05) is 19.6 Å². The summed E-state index contributed by atoms with van der Waals surface area (Å²) in [6, 6.07) is 7.07. The Hall–Kier alpha value is -0.930. The van der Waals surface area contributed by atoms with Gasteiger partial charge in [0, 0.05) is 11.6 Å². The molecule has 0 aliphatic carbocycles. The van der Waals surface area contributed by atoms with Gasteiger partial charge in [-0.3, -0.25) is 4.90 Å². The summed E-state index contributed by atoms with van der Waals surface area (Å²) in [7, 11) is 0. The zero-order valence-corrected chi connectivity index (χ0v) is 10.1. The van der Waals surface area contributed by atoms with Crippen molar-refractivity contribution < 1.29 is 4.39 Å². The molecule has 0 saturated carbocycles. The third-order valence-corrected chi connectivity index (χ3v) is 2.96. The number of benzene rings is 1. The number of halogens is 1. The zero-order chi connectivity index (χ0) is 12.0. The summed E-state index contributed by atoms with van der Waals surface area (Å²) in [5, 5.41) is 0. The topological polar surface area (TPSA) is 29.3 Å². The van der Waals surface area contributed by atoms with Crippen LogP contribution in [-0.4, -0.2) is 24.5 Å². The van der Waals surface area contributed by atoms with E-state index >= 15 is 0 Å². The van der Waals surface area contributed by atoms with Gasteiger partial charge < -0.3 is 5.73 Å². The lowest BCUT2D eigenvalue weighted by atomic mass is 10.0. The van der Waals surface area contributed by atoms with Crippen LogP contribution >= 0.6 is 0 Å². The highest BCUT2D eigenvalue weighted by molar-refractivity contribution is 5.21. The van der Waals surface area contributed by atoms with Gasteiger partial charge in [-0.15, -0.1) is 0 Å². The second-order valence-corrected chi connectivity index (χ2v) is 3.84. The summed E-state index contributed by atoms with van der Waals surface area (Å²) < 4.78 is 13.7. The smallest absolute Gasteiger partial charge is 0.127 e. The van der Waals surface area contributed by atoms with Crippen LogP contribution in [0.1, 0.15) is 31.9 Å². The lowest BCUT2D eigenvalue weighted by molar-refractivity contribution is 0.206. The van der Waals surface area contributed by atoms with Crippen molar-refractivity contribution in [3.05, 3.63) is 35.6 Å². The van der Waals surface area contributed by atoms with Gasteiger partial charge in [0.15, 0.2) is 0 Å². The summed E-state index contributed by atoms with van der Waals surface area (Å²) in [6.07, 6.45) is 0.794. The first-order valence-corrected chi connectivity index (χ1v) is 5.93. The van der Waals surface area contributed by atoms with E-state index in [4.69, 9.17) is 5.73 Å². The Labute approximate surface area is 97.3 Å². The number of nitrogens with two attached hydrogens (primary N) is 1. The zero-order valence-electron chi connectivity index (χ0n) is 10.1. The van der Waals surface area contributed by atoms with Gasteiger partial charge in [-0.05, 0) is 32.1 Å². The van der Waals surface area contributed by atoms with Crippen LogP contribution in [0.5, 0.6) is 0 Å².